The molecule has 1 aromatic rings. The summed E-state index contributed by atoms with van der Waals surface area (Å²) in [6, 6.07) is 1.86. The van der Waals surface area contributed by atoms with Crippen molar-refractivity contribution in [2.75, 3.05) is 57.8 Å². The summed E-state index contributed by atoms with van der Waals surface area (Å²) < 4.78 is 5.15. The first kappa shape index (κ1) is 16.0. The van der Waals surface area contributed by atoms with Gasteiger partial charge in [-0.2, -0.15) is 0 Å². The number of amides is 1. The van der Waals surface area contributed by atoms with Crippen molar-refractivity contribution < 1.29 is 9.53 Å². The van der Waals surface area contributed by atoms with E-state index in [1.54, 1.807) is 7.11 Å². The van der Waals surface area contributed by atoms with E-state index in [9.17, 15) is 4.79 Å². The fraction of sp³-hybridized carbons (Fsp3) is 0.688. The third-order valence-electron chi connectivity index (χ3n) is 4.60. The van der Waals surface area contributed by atoms with Crippen molar-refractivity contribution in [1.29, 1.82) is 0 Å². The first-order valence-corrected chi connectivity index (χ1v) is 8.37. The Morgan fingerprint density at radius 2 is 1.83 bits per heavy atom. The molecule has 7 heteroatoms. The second-order valence-electron chi connectivity index (χ2n) is 6.12. The molecule has 2 fully saturated rings. The van der Waals surface area contributed by atoms with Crippen molar-refractivity contribution in [3.05, 3.63) is 12.4 Å². The summed E-state index contributed by atoms with van der Waals surface area (Å²) in [5.41, 5.74) is 0. The zero-order chi connectivity index (χ0) is 16.1. The van der Waals surface area contributed by atoms with Gasteiger partial charge in [0, 0.05) is 45.3 Å². The number of rotatable bonds is 4. The maximum Gasteiger partial charge on any atom is 0.236 e. The molecule has 3 heterocycles. The van der Waals surface area contributed by atoms with Crippen LogP contribution in [0.2, 0.25) is 0 Å². The molecule has 0 aromatic carbocycles. The highest BCUT2D eigenvalue weighted by molar-refractivity contribution is 5.78. The molecule has 0 radical (unpaired) electrons. The molecular formula is C16H25N5O2. The van der Waals surface area contributed by atoms with Gasteiger partial charge in [-0.15, -0.1) is 0 Å². The second kappa shape index (κ2) is 7.59. The number of piperazine rings is 1. The summed E-state index contributed by atoms with van der Waals surface area (Å²) in [5, 5.41) is 0. The number of carbonyl (C=O) groups is 1. The Hall–Kier alpha value is -1.89. The van der Waals surface area contributed by atoms with E-state index < -0.39 is 0 Å². The molecular weight excluding hydrogens is 294 g/mol. The quantitative estimate of drug-likeness (QED) is 0.811. The van der Waals surface area contributed by atoms with Gasteiger partial charge < -0.3 is 14.5 Å². The summed E-state index contributed by atoms with van der Waals surface area (Å²) in [6.07, 6.45) is 5.08. The Kier molecular flexibility index (Phi) is 5.27. The number of anilines is 1. The van der Waals surface area contributed by atoms with E-state index in [1.807, 2.05) is 11.0 Å². The lowest BCUT2D eigenvalue weighted by atomic mass is 10.1. The van der Waals surface area contributed by atoms with Crippen molar-refractivity contribution >= 4 is 11.7 Å². The molecule has 126 valence electrons. The SMILES string of the molecule is COc1cc(N2CCN(CC(=O)N3CCCCC3)CC2)ncn1. The van der Waals surface area contributed by atoms with Gasteiger partial charge in [0.25, 0.3) is 0 Å². The van der Waals surface area contributed by atoms with E-state index in [-0.39, 0.29) is 5.91 Å². The Morgan fingerprint density at radius 1 is 1.09 bits per heavy atom. The van der Waals surface area contributed by atoms with Crippen LogP contribution in [0.4, 0.5) is 5.82 Å². The highest BCUT2D eigenvalue weighted by atomic mass is 16.5. The number of carbonyl (C=O) groups excluding carboxylic acids is 1. The van der Waals surface area contributed by atoms with Crippen LogP contribution < -0.4 is 9.64 Å². The summed E-state index contributed by atoms with van der Waals surface area (Å²) in [5.74, 6) is 1.75. The molecule has 1 amide bonds. The number of piperidine rings is 1. The van der Waals surface area contributed by atoms with Crippen LogP contribution in [0.1, 0.15) is 19.3 Å². The van der Waals surface area contributed by atoms with Gasteiger partial charge in [-0.3, -0.25) is 9.69 Å². The maximum absolute atomic E-state index is 12.3. The van der Waals surface area contributed by atoms with Gasteiger partial charge in [-0.1, -0.05) is 0 Å². The van der Waals surface area contributed by atoms with E-state index in [2.05, 4.69) is 19.8 Å². The van der Waals surface area contributed by atoms with Crippen LogP contribution in [0.15, 0.2) is 12.4 Å². The highest BCUT2D eigenvalue weighted by Crippen LogP contribution is 2.17. The fourth-order valence-electron chi connectivity index (χ4n) is 3.18. The zero-order valence-corrected chi connectivity index (χ0v) is 13.8. The third-order valence-corrected chi connectivity index (χ3v) is 4.60. The van der Waals surface area contributed by atoms with Gasteiger partial charge in [0.15, 0.2) is 0 Å². The first-order valence-electron chi connectivity index (χ1n) is 8.37. The van der Waals surface area contributed by atoms with E-state index in [4.69, 9.17) is 4.74 Å². The lowest BCUT2D eigenvalue weighted by molar-refractivity contribution is -0.133. The van der Waals surface area contributed by atoms with Crippen molar-refractivity contribution in [2.24, 2.45) is 0 Å². The molecule has 0 bridgehead atoms. The summed E-state index contributed by atoms with van der Waals surface area (Å²) in [7, 11) is 1.61. The number of ether oxygens (including phenoxy) is 1. The number of likely N-dealkylation sites (tertiary alicyclic amines) is 1. The molecule has 2 saturated heterocycles. The maximum atomic E-state index is 12.3. The molecule has 0 N–H and O–H groups in total. The zero-order valence-electron chi connectivity index (χ0n) is 13.8. The van der Waals surface area contributed by atoms with Crippen LogP contribution >= 0.6 is 0 Å². The Balaban J connectivity index is 1.49. The van der Waals surface area contributed by atoms with E-state index in [0.717, 1.165) is 57.9 Å². The summed E-state index contributed by atoms with van der Waals surface area (Å²) in [4.78, 5) is 27.2. The number of nitrogens with zero attached hydrogens (tertiary/aromatic N) is 5. The van der Waals surface area contributed by atoms with Crippen LogP contribution in [0.3, 0.4) is 0 Å². The molecule has 2 aliphatic rings. The topological polar surface area (TPSA) is 61.8 Å². The van der Waals surface area contributed by atoms with Crippen molar-refractivity contribution in [3.8, 4) is 5.88 Å². The lowest BCUT2D eigenvalue weighted by Crippen LogP contribution is -2.50. The number of aromatic nitrogens is 2. The van der Waals surface area contributed by atoms with Crippen LogP contribution in [0, 0.1) is 0 Å². The Morgan fingerprint density at radius 3 is 2.52 bits per heavy atom. The third kappa shape index (κ3) is 4.10. The van der Waals surface area contributed by atoms with Gasteiger partial charge in [0.1, 0.15) is 12.1 Å². The van der Waals surface area contributed by atoms with E-state index in [0.29, 0.717) is 12.4 Å². The Bertz CT molecular complexity index is 525. The van der Waals surface area contributed by atoms with E-state index in [1.165, 1.54) is 12.7 Å². The van der Waals surface area contributed by atoms with Gasteiger partial charge >= 0.3 is 0 Å². The monoisotopic (exact) mass is 319 g/mol. The van der Waals surface area contributed by atoms with Crippen molar-refractivity contribution in [1.82, 2.24) is 19.8 Å². The molecule has 0 saturated carbocycles. The minimum absolute atomic E-state index is 0.279. The fourth-order valence-corrected chi connectivity index (χ4v) is 3.18. The lowest BCUT2D eigenvalue weighted by Gasteiger charge is -2.36. The van der Waals surface area contributed by atoms with Crippen LogP contribution in [0.25, 0.3) is 0 Å². The molecule has 0 unspecified atom stereocenters. The highest BCUT2D eigenvalue weighted by Gasteiger charge is 2.23. The van der Waals surface area contributed by atoms with Crippen LogP contribution in [-0.4, -0.2) is 78.6 Å². The molecule has 0 spiro atoms. The molecule has 7 nitrogen and oxygen atoms in total. The summed E-state index contributed by atoms with van der Waals surface area (Å²) >= 11 is 0. The van der Waals surface area contributed by atoms with E-state index >= 15 is 0 Å². The normalized spacial score (nSPS) is 19.7. The Labute approximate surface area is 137 Å². The van der Waals surface area contributed by atoms with Crippen LogP contribution in [0.5, 0.6) is 5.88 Å². The average molecular weight is 319 g/mol. The molecule has 0 atom stereocenters. The van der Waals surface area contributed by atoms with Crippen LogP contribution in [-0.2, 0) is 4.79 Å². The predicted octanol–water partition coefficient (Wildman–Crippen LogP) is 0.620. The standard InChI is InChI=1S/C16H25N5O2/c1-23-15-11-14(17-13-18-15)20-9-7-19(8-10-20)12-16(22)21-5-3-2-4-6-21/h11,13H,2-10,12H2,1H3. The molecule has 1 aromatic heterocycles. The van der Waals surface area contributed by atoms with Gasteiger partial charge in [-0.05, 0) is 19.3 Å². The average Bonchev–Trinajstić information content (AvgIpc) is 2.63. The largest absolute Gasteiger partial charge is 0.481 e. The second-order valence-corrected chi connectivity index (χ2v) is 6.12. The number of methoxy groups -OCH3 is 1. The summed E-state index contributed by atoms with van der Waals surface area (Å²) in [6.45, 7) is 5.90. The number of hydrogen-bond donors (Lipinski definition) is 0. The first-order chi connectivity index (χ1) is 11.3. The van der Waals surface area contributed by atoms with Gasteiger partial charge in [0.2, 0.25) is 11.8 Å². The van der Waals surface area contributed by atoms with Crippen molar-refractivity contribution in [2.45, 2.75) is 19.3 Å². The molecule has 23 heavy (non-hydrogen) atoms. The minimum Gasteiger partial charge on any atom is -0.481 e. The van der Waals surface area contributed by atoms with Gasteiger partial charge in [-0.25, -0.2) is 9.97 Å². The minimum atomic E-state index is 0.279. The molecule has 3 rings (SSSR count). The predicted molar refractivity (Wildman–Crippen MR) is 87.7 cm³/mol. The van der Waals surface area contributed by atoms with Crippen molar-refractivity contribution in [3.63, 3.8) is 0 Å². The molecule has 0 aliphatic carbocycles. The molecule has 2 aliphatic heterocycles. The smallest absolute Gasteiger partial charge is 0.236 e. The number of hydrogen-bond acceptors (Lipinski definition) is 6. The van der Waals surface area contributed by atoms with Gasteiger partial charge in [0.05, 0.1) is 13.7 Å².